The van der Waals surface area contributed by atoms with Crippen molar-refractivity contribution >= 4 is 39.1 Å². The van der Waals surface area contributed by atoms with E-state index in [0.717, 1.165) is 17.8 Å². The summed E-state index contributed by atoms with van der Waals surface area (Å²) in [4.78, 5) is 21.3. The minimum absolute atomic E-state index is 0.150. The monoisotopic (exact) mass is 553 g/mol. The standard InChI is InChI=1S/C13H11F3N6OS.C6H13N.C3H5F3/c1-17-8-3-18-12-9(20-8)6(5-24-12)11(23)19-7-4-22(2)21-10(7)13(14,15)16;1-2-4-6-7-5-3-1;1-2-3(4,5)6/h3-5H,1-2H3,(H,17,20)(H,19,23);7H,1-6H2;2H2,1H3. The maximum atomic E-state index is 13.0. The first kappa shape index (κ1) is 30.3. The molecule has 0 spiro atoms. The third kappa shape index (κ3) is 9.80. The van der Waals surface area contributed by atoms with Gasteiger partial charge in [-0.3, -0.25) is 9.48 Å². The summed E-state index contributed by atoms with van der Waals surface area (Å²) in [6.45, 7) is 3.58. The largest absolute Gasteiger partial charge is 0.437 e. The van der Waals surface area contributed by atoms with Crippen LogP contribution in [0.5, 0.6) is 0 Å². The Morgan fingerprint density at radius 2 is 1.76 bits per heavy atom. The van der Waals surface area contributed by atoms with E-state index >= 15 is 0 Å². The van der Waals surface area contributed by atoms with Gasteiger partial charge in [-0.2, -0.15) is 31.4 Å². The van der Waals surface area contributed by atoms with Crippen LogP contribution in [0, 0.1) is 0 Å². The predicted molar refractivity (Wildman–Crippen MR) is 131 cm³/mol. The van der Waals surface area contributed by atoms with Gasteiger partial charge in [-0.15, -0.1) is 11.3 Å². The van der Waals surface area contributed by atoms with Crippen molar-refractivity contribution in [2.24, 2.45) is 7.05 Å². The summed E-state index contributed by atoms with van der Waals surface area (Å²) < 4.78 is 72.2. The first-order valence-corrected chi connectivity index (χ1v) is 12.3. The number of nitrogens with one attached hydrogen (secondary N) is 3. The molecular weight excluding hydrogens is 524 g/mol. The van der Waals surface area contributed by atoms with Crippen molar-refractivity contribution in [2.45, 2.75) is 51.4 Å². The lowest BCUT2D eigenvalue weighted by molar-refractivity contribution is -0.140. The molecule has 206 valence electrons. The number of carbonyl (C=O) groups is 1. The van der Waals surface area contributed by atoms with Gasteiger partial charge in [-0.25, -0.2) is 9.97 Å². The Bertz CT molecular complexity index is 1120. The summed E-state index contributed by atoms with van der Waals surface area (Å²) in [6.07, 6.45) is -1.10. The molecule has 1 aliphatic rings. The maximum absolute atomic E-state index is 13.0. The van der Waals surface area contributed by atoms with Crippen LogP contribution in [0.3, 0.4) is 0 Å². The van der Waals surface area contributed by atoms with Crippen molar-refractivity contribution in [2.75, 3.05) is 30.8 Å². The number of hydrogen-bond donors (Lipinski definition) is 3. The molecule has 8 nitrogen and oxygen atoms in total. The normalized spacial score (nSPS) is 14.1. The lowest BCUT2D eigenvalue weighted by atomic mass is 10.2. The van der Waals surface area contributed by atoms with Crippen molar-refractivity contribution < 1.29 is 31.1 Å². The zero-order valence-corrected chi connectivity index (χ0v) is 21.4. The molecule has 1 aliphatic heterocycles. The third-order valence-electron chi connectivity index (χ3n) is 4.99. The smallest absolute Gasteiger partial charge is 0.372 e. The van der Waals surface area contributed by atoms with Gasteiger partial charge < -0.3 is 16.0 Å². The fourth-order valence-electron chi connectivity index (χ4n) is 3.05. The number of hydrogen-bond acceptors (Lipinski definition) is 7. The summed E-state index contributed by atoms with van der Waals surface area (Å²) in [7, 11) is 2.99. The Labute approximate surface area is 213 Å². The van der Waals surface area contributed by atoms with E-state index < -0.39 is 36.1 Å². The highest BCUT2D eigenvalue weighted by atomic mass is 32.1. The number of amides is 1. The topological polar surface area (TPSA) is 96.8 Å². The van der Waals surface area contributed by atoms with Crippen LogP contribution in [-0.2, 0) is 13.2 Å². The molecule has 0 radical (unpaired) electrons. The van der Waals surface area contributed by atoms with Gasteiger partial charge in [0.1, 0.15) is 16.2 Å². The van der Waals surface area contributed by atoms with E-state index in [-0.39, 0.29) is 5.56 Å². The van der Waals surface area contributed by atoms with Crippen LogP contribution in [0.4, 0.5) is 37.8 Å². The van der Waals surface area contributed by atoms with Crippen LogP contribution in [0.15, 0.2) is 17.8 Å². The van der Waals surface area contributed by atoms with Gasteiger partial charge in [-0.05, 0) is 25.9 Å². The van der Waals surface area contributed by atoms with Crippen LogP contribution < -0.4 is 16.0 Å². The van der Waals surface area contributed by atoms with Crippen molar-refractivity contribution in [3.05, 3.63) is 29.0 Å². The van der Waals surface area contributed by atoms with E-state index in [1.165, 1.54) is 68.7 Å². The Morgan fingerprint density at radius 3 is 2.30 bits per heavy atom. The number of alkyl halides is 6. The van der Waals surface area contributed by atoms with Gasteiger partial charge in [0.2, 0.25) is 0 Å². The lowest BCUT2D eigenvalue weighted by Gasteiger charge is -2.07. The molecule has 37 heavy (non-hydrogen) atoms. The summed E-state index contributed by atoms with van der Waals surface area (Å²) >= 11 is 1.18. The molecule has 1 fully saturated rings. The molecule has 3 N–H and O–H groups in total. The van der Waals surface area contributed by atoms with E-state index in [9.17, 15) is 31.1 Å². The molecule has 1 amide bonds. The lowest BCUT2D eigenvalue weighted by Crippen LogP contribution is -2.16. The molecule has 0 aliphatic carbocycles. The molecule has 4 rings (SSSR count). The minimum Gasteiger partial charge on any atom is -0.372 e. The van der Waals surface area contributed by atoms with Crippen molar-refractivity contribution in [3.63, 3.8) is 0 Å². The zero-order chi connectivity index (χ0) is 27.6. The van der Waals surface area contributed by atoms with Crippen LogP contribution in [-0.4, -0.2) is 52.0 Å². The number of thiophene rings is 1. The summed E-state index contributed by atoms with van der Waals surface area (Å²) in [5.74, 6) is -0.255. The number of aromatic nitrogens is 4. The average Bonchev–Trinajstić information content (AvgIpc) is 3.29. The summed E-state index contributed by atoms with van der Waals surface area (Å²) in [5.41, 5.74) is -1.09. The number of halogens is 6. The predicted octanol–water partition coefficient (Wildman–Crippen LogP) is 5.85. The van der Waals surface area contributed by atoms with Gasteiger partial charge >= 0.3 is 12.4 Å². The molecule has 0 unspecified atom stereocenters. The van der Waals surface area contributed by atoms with E-state index in [1.54, 1.807) is 7.05 Å². The van der Waals surface area contributed by atoms with Crippen molar-refractivity contribution in [1.29, 1.82) is 0 Å². The van der Waals surface area contributed by atoms with E-state index in [2.05, 4.69) is 31.0 Å². The Hall–Kier alpha value is -2.94. The van der Waals surface area contributed by atoms with Crippen LogP contribution >= 0.6 is 11.3 Å². The minimum atomic E-state index is -4.67. The number of rotatable bonds is 3. The van der Waals surface area contributed by atoms with Gasteiger partial charge in [0.15, 0.2) is 5.69 Å². The zero-order valence-electron chi connectivity index (χ0n) is 20.6. The van der Waals surface area contributed by atoms with Gasteiger partial charge in [0.05, 0.1) is 17.4 Å². The van der Waals surface area contributed by atoms with Crippen LogP contribution in [0.2, 0.25) is 0 Å². The molecule has 0 aromatic carbocycles. The highest BCUT2D eigenvalue weighted by Crippen LogP contribution is 2.34. The van der Waals surface area contributed by atoms with E-state index in [0.29, 0.717) is 16.2 Å². The molecule has 3 aromatic rings. The SMILES string of the molecule is C1CCCNCC1.CCC(F)(F)F.CNc1cnc2scc(C(=O)Nc3cn(C)nc3C(F)(F)F)c2n1. The fourth-order valence-corrected chi connectivity index (χ4v) is 3.88. The first-order chi connectivity index (χ1) is 17.4. The summed E-state index contributed by atoms with van der Waals surface area (Å²) in [5, 5.41) is 13.2. The highest BCUT2D eigenvalue weighted by molar-refractivity contribution is 7.17. The van der Waals surface area contributed by atoms with Crippen LogP contribution in [0.1, 0.15) is 55.1 Å². The molecular formula is C22H29F6N7OS. The molecule has 15 heteroatoms. The number of nitrogens with zero attached hydrogens (tertiary/aromatic N) is 4. The Morgan fingerprint density at radius 1 is 1.14 bits per heavy atom. The van der Waals surface area contributed by atoms with Gasteiger partial charge in [0, 0.05) is 32.1 Å². The second-order valence-corrected chi connectivity index (χ2v) is 8.82. The molecule has 0 bridgehead atoms. The quantitative estimate of drug-likeness (QED) is 0.353. The second kappa shape index (κ2) is 13.6. The molecule has 0 atom stereocenters. The molecule has 3 aromatic heterocycles. The van der Waals surface area contributed by atoms with Crippen molar-refractivity contribution in [3.8, 4) is 0 Å². The fraction of sp³-hybridized carbons (Fsp3) is 0.545. The summed E-state index contributed by atoms with van der Waals surface area (Å²) in [6, 6.07) is 0. The third-order valence-corrected chi connectivity index (χ3v) is 5.86. The van der Waals surface area contributed by atoms with Crippen LogP contribution in [0.25, 0.3) is 10.3 Å². The molecule has 1 saturated heterocycles. The maximum Gasteiger partial charge on any atom is 0.437 e. The molecule has 0 saturated carbocycles. The van der Waals surface area contributed by atoms with E-state index in [1.807, 2.05) is 0 Å². The number of anilines is 2. The van der Waals surface area contributed by atoms with E-state index in [4.69, 9.17) is 0 Å². The molecule has 4 heterocycles. The Kier molecular flexibility index (Phi) is 11.1. The first-order valence-electron chi connectivity index (χ1n) is 11.5. The number of carbonyl (C=O) groups excluding carboxylic acids is 1. The highest BCUT2D eigenvalue weighted by Gasteiger charge is 2.37. The van der Waals surface area contributed by atoms with Crippen molar-refractivity contribution in [1.82, 2.24) is 25.1 Å². The number of fused-ring (bicyclic) bond motifs is 1. The average molecular weight is 554 g/mol. The van der Waals surface area contributed by atoms with Gasteiger partial charge in [-0.1, -0.05) is 19.8 Å². The second-order valence-electron chi connectivity index (χ2n) is 7.96. The Balaban J connectivity index is 0.000000303. The number of aryl methyl sites for hydroxylation is 1. The van der Waals surface area contributed by atoms with Gasteiger partial charge in [0.25, 0.3) is 5.91 Å².